The second kappa shape index (κ2) is 6.71. The van der Waals surface area contributed by atoms with Crippen molar-refractivity contribution in [1.29, 1.82) is 0 Å². The smallest absolute Gasteiger partial charge is 0.252 e. The Kier molecular flexibility index (Phi) is 4.85. The lowest BCUT2D eigenvalue weighted by Crippen LogP contribution is -2.30. The van der Waals surface area contributed by atoms with Crippen LogP contribution >= 0.6 is 27.3 Å². The van der Waals surface area contributed by atoms with Crippen LogP contribution in [-0.2, 0) is 10.0 Å². The Morgan fingerprint density at radius 2 is 2.13 bits per heavy atom. The van der Waals surface area contributed by atoms with E-state index in [1.807, 2.05) is 0 Å². The molecule has 124 valence electrons. The lowest BCUT2D eigenvalue weighted by molar-refractivity contribution is 0.203. The molecule has 0 radical (unpaired) electrons. The Morgan fingerprint density at radius 3 is 2.83 bits per heavy atom. The molecule has 1 unspecified atom stereocenters. The SMILES string of the molecule is COc1cncc(OC2CCN(S(=O)(=O)c3ccc(Br)s3)C2)n1. The highest BCUT2D eigenvalue weighted by Gasteiger charge is 2.34. The Hall–Kier alpha value is -1.23. The van der Waals surface area contributed by atoms with E-state index in [0.717, 1.165) is 3.79 Å². The fourth-order valence-electron chi connectivity index (χ4n) is 2.23. The van der Waals surface area contributed by atoms with Gasteiger partial charge >= 0.3 is 0 Å². The van der Waals surface area contributed by atoms with Gasteiger partial charge in [-0.15, -0.1) is 11.3 Å². The molecule has 0 amide bonds. The minimum Gasteiger partial charge on any atom is -0.480 e. The summed E-state index contributed by atoms with van der Waals surface area (Å²) >= 11 is 4.49. The van der Waals surface area contributed by atoms with Crippen molar-refractivity contribution in [1.82, 2.24) is 14.3 Å². The maximum atomic E-state index is 12.6. The van der Waals surface area contributed by atoms with Crippen LogP contribution in [0.5, 0.6) is 11.8 Å². The van der Waals surface area contributed by atoms with Crippen molar-refractivity contribution in [2.75, 3.05) is 20.2 Å². The first-order chi connectivity index (χ1) is 11.0. The lowest BCUT2D eigenvalue weighted by Gasteiger charge is -2.16. The van der Waals surface area contributed by atoms with Crippen LogP contribution in [0, 0.1) is 0 Å². The van der Waals surface area contributed by atoms with Gasteiger partial charge in [-0.05, 0) is 34.5 Å². The molecule has 1 fully saturated rings. The predicted octanol–water partition coefficient (Wildman–Crippen LogP) is 2.15. The molecule has 23 heavy (non-hydrogen) atoms. The van der Waals surface area contributed by atoms with Gasteiger partial charge in [-0.1, -0.05) is 0 Å². The van der Waals surface area contributed by atoms with Gasteiger partial charge in [-0.2, -0.15) is 9.29 Å². The number of halogens is 1. The van der Waals surface area contributed by atoms with E-state index >= 15 is 0 Å². The lowest BCUT2D eigenvalue weighted by atomic mass is 10.3. The Morgan fingerprint density at radius 1 is 1.35 bits per heavy atom. The minimum atomic E-state index is -3.47. The highest BCUT2D eigenvalue weighted by Crippen LogP contribution is 2.30. The molecular weight excluding hydrogens is 406 g/mol. The van der Waals surface area contributed by atoms with Gasteiger partial charge in [0.05, 0.1) is 29.8 Å². The first-order valence-electron chi connectivity index (χ1n) is 6.77. The van der Waals surface area contributed by atoms with E-state index in [0.29, 0.717) is 28.9 Å². The van der Waals surface area contributed by atoms with Crippen LogP contribution in [0.2, 0.25) is 0 Å². The summed E-state index contributed by atoms with van der Waals surface area (Å²) in [7, 11) is -1.98. The van der Waals surface area contributed by atoms with Crippen molar-refractivity contribution in [3.8, 4) is 11.8 Å². The summed E-state index contributed by atoms with van der Waals surface area (Å²) in [6.07, 6.45) is 3.31. The number of aromatic nitrogens is 2. The number of hydrogen-bond donors (Lipinski definition) is 0. The minimum absolute atomic E-state index is 0.255. The number of sulfonamides is 1. The molecule has 0 spiro atoms. The van der Waals surface area contributed by atoms with Crippen LogP contribution in [0.3, 0.4) is 0 Å². The monoisotopic (exact) mass is 419 g/mol. The van der Waals surface area contributed by atoms with Gasteiger partial charge in [-0.3, -0.25) is 4.98 Å². The van der Waals surface area contributed by atoms with Crippen molar-refractivity contribution >= 4 is 37.3 Å². The Balaban J connectivity index is 1.68. The van der Waals surface area contributed by atoms with Gasteiger partial charge < -0.3 is 9.47 Å². The molecule has 0 saturated carbocycles. The van der Waals surface area contributed by atoms with E-state index in [-0.39, 0.29) is 12.6 Å². The second-order valence-electron chi connectivity index (χ2n) is 4.85. The summed E-state index contributed by atoms with van der Waals surface area (Å²) in [5.41, 5.74) is 0. The van der Waals surface area contributed by atoms with E-state index in [1.165, 1.54) is 35.1 Å². The maximum absolute atomic E-state index is 12.6. The van der Waals surface area contributed by atoms with Crippen molar-refractivity contribution in [3.63, 3.8) is 0 Å². The Bertz CT molecular complexity index is 796. The van der Waals surface area contributed by atoms with E-state index < -0.39 is 10.0 Å². The van der Waals surface area contributed by atoms with Gasteiger partial charge in [0.2, 0.25) is 11.8 Å². The highest BCUT2D eigenvalue weighted by molar-refractivity contribution is 9.11. The van der Waals surface area contributed by atoms with E-state index in [9.17, 15) is 8.42 Å². The molecule has 3 heterocycles. The molecule has 1 aliphatic rings. The molecule has 0 N–H and O–H groups in total. The molecule has 2 aromatic rings. The molecule has 10 heteroatoms. The number of hydrogen-bond acceptors (Lipinski definition) is 7. The van der Waals surface area contributed by atoms with Crippen molar-refractivity contribution < 1.29 is 17.9 Å². The molecule has 3 rings (SSSR count). The number of ether oxygens (including phenoxy) is 2. The summed E-state index contributed by atoms with van der Waals surface area (Å²) in [4.78, 5) is 8.09. The summed E-state index contributed by atoms with van der Waals surface area (Å²) in [6, 6.07) is 3.33. The van der Waals surface area contributed by atoms with Crippen LogP contribution in [0.15, 0.2) is 32.5 Å². The van der Waals surface area contributed by atoms with Crippen molar-refractivity contribution in [3.05, 3.63) is 28.3 Å². The van der Waals surface area contributed by atoms with Crippen LogP contribution in [0.25, 0.3) is 0 Å². The van der Waals surface area contributed by atoms with Crippen LogP contribution in [0.4, 0.5) is 0 Å². The van der Waals surface area contributed by atoms with Crippen LogP contribution < -0.4 is 9.47 Å². The third kappa shape index (κ3) is 3.65. The predicted molar refractivity (Wildman–Crippen MR) is 88.4 cm³/mol. The summed E-state index contributed by atoms with van der Waals surface area (Å²) in [6.45, 7) is 0.705. The van der Waals surface area contributed by atoms with E-state index in [4.69, 9.17) is 9.47 Å². The maximum Gasteiger partial charge on any atom is 0.252 e. The third-order valence-corrected chi connectivity index (χ3v) is 7.29. The van der Waals surface area contributed by atoms with Gasteiger partial charge in [0.25, 0.3) is 10.0 Å². The van der Waals surface area contributed by atoms with Gasteiger partial charge in [-0.25, -0.2) is 8.42 Å². The summed E-state index contributed by atoms with van der Waals surface area (Å²) < 4.78 is 38.4. The molecule has 0 aromatic carbocycles. The Labute approximate surface area is 146 Å². The molecule has 1 atom stereocenters. The average Bonchev–Trinajstić information content (AvgIpc) is 3.17. The van der Waals surface area contributed by atoms with Gasteiger partial charge in [0.1, 0.15) is 10.3 Å². The van der Waals surface area contributed by atoms with E-state index in [2.05, 4.69) is 25.9 Å². The van der Waals surface area contributed by atoms with Crippen molar-refractivity contribution in [2.24, 2.45) is 0 Å². The van der Waals surface area contributed by atoms with Crippen LogP contribution in [-0.4, -0.2) is 49.0 Å². The molecule has 0 aliphatic carbocycles. The average molecular weight is 420 g/mol. The standard InChI is InChI=1S/C13H14BrN3O4S2/c1-20-11-6-15-7-12(16-11)21-9-4-5-17(8-9)23(18,19)13-3-2-10(14)22-13/h2-3,6-7,9H,4-5,8H2,1H3. The van der Waals surface area contributed by atoms with Crippen molar-refractivity contribution in [2.45, 2.75) is 16.7 Å². The molecule has 1 saturated heterocycles. The summed E-state index contributed by atoms with van der Waals surface area (Å²) in [5, 5.41) is 0. The third-order valence-electron chi connectivity index (χ3n) is 3.34. The highest BCUT2D eigenvalue weighted by atomic mass is 79.9. The first-order valence-corrected chi connectivity index (χ1v) is 9.82. The van der Waals surface area contributed by atoms with E-state index in [1.54, 1.807) is 12.1 Å². The molecule has 1 aliphatic heterocycles. The zero-order chi connectivity index (χ0) is 16.4. The number of nitrogens with zero attached hydrogens (tertiary/aromatic N) is 3. The fourth-order valence-corrected chi connectivity index (χ4v) is 5.88. The zero-order valence-corrected chi connectivity index (χ0v) is 15.4. The van der Waals surface area contributed by atoms with Gasteiger partial charge in [0.15, 0.2) is 0 Å². The largest absolute Gasteiger partial charge is 0.480 e. The summed E-state index contributed by atoms with van der Waals surface area (Å²) in [5.74, 6) is 0.681. The van der Waals surface area contributed by atoms with Gasteiger partial charge in [0, 0.05) is 6.54 Å². The zero-order valence-electron chi connectivity index (χ0n) is 12.2. The number of methoxy groups -OCH3 is 1. The first kappa shape index (κ1) is 16.6. The molecule has 7 nitrogen and oxygen atoms in total. The topological polar surface area (TPSA) is 81.6 Å². The molecule has 2 aromatic heterocycles. The number of rotatable bonds is 5. The quantitative estimate of drug-likeness (QED) is 0.738. The molecule has 0 bridgehead atoms. The normalized spacial score (nSPS) is 19.0. The number of thiophene rings is 1. The van der Waals surface area contributed by atoms with Crippen LogP contribution in [0.1, 0.15) is 6.42 Å². The second-order valence-corrected chi connectivity index (χ2v) is 9.48. The molecular formula is C13H14BrN3O4S2. The fraction of sp³-hybridized carbons (Fsp3) is 0.385.